The number of hydrogen-bond donors (Lipinski definition) is 1. The van der Waals surface area contributed by atoms with Crippen molar-refractivity contribution in [3.8, 4) is 5.69 Å². The Morgan fingerprint density at radius 1 is 1.03 bits per heavy atom. The normalized spacial score (nSPS) is 11.1. The first-order valence-corrected chi connectivity index (χ1v) is 9.70. The number of halogens is 1. The molecule has 2 aromatic carbocycles. The minimum absolute atomic E-state index is 0.227. The van der Waals surface area contributed by atoms with Crippen LogP contribution in [0, 0.1) is 19.7 Å². The summed E-state index contributed by atoms with van der Waals surface area (Å²) < 4.78 is 17.3. The molecule has 2 heterocycles. The monoisotopic (exact) mass is 420 g/mol. The van der Waals surface area contributed by atoms with Crippen LogP contribution in [0.4, 0.5) is 10.1 Å². The van der Waals surface area contributed by atoms with Crippen LogP contribution >= 0.6 is 0 Å². The van der Waals surface area contributed by atoms with E-state index in [0.29, 0.717) is 11.2 Å². The van der Waals surface area contributed by atoms with Gasteiger partial charge in [0.2, 0.25) is 5.91 Å². The van der Waals surface area contributed by atoms with Gasteiger partial charge in [0.05, 0.1) is 11.2 Å². The van der Waals surface area contributed by atoms with E-state index in [0.717, 1.165) is 15.8 Å². The zero-order chi connectivity index (χ0) is 22.3. The fourth-order valence-corrected chi connectivity index (χ4v) is 3.62. The molecule has 0 saturated carbocycles. The SMILES string of the molecule is Cc1cccc(NC(=O)Cn2c(=O)n(-c3ccc(F)cc3)c(=O)c3c2cc(C)n3C)c1. The second-order valence-electron chi connectivity index (χ2n) is 7.48. The molecule has 0 aliphatic rings. The summed E-state index contributed by atoms with van der Waals surface area (Å²) in [6, 6.07) is 14.1. The maximum atomic E-state index is 13.4. The van der Waals surface area contributed by atoms with E-state index in [1.165, 1.54) is 28.8 Å². The van der Waals surface area contributed by atoms with Crippen molar-refractivity contribution in [2.75, 3.05) is 5.32 Å². The topological polar surface area (TPSA) is 78.0 Å². The average molecular weight is 420 g/mol. The Bertz CT molecular complexity index is 1430. The van der Waals surface area contributed by atoms with Crippen LogP contribution in [-0.4, -0.2) is 19.6 Å². The zero-order valence-corrected chi connectivity index (χ0v) is 17.3. The summed E-state index contributed by atoms with van der Waals surface area (Å²) in [5.41, 5.74) is 2.04. The number of anilines is 1. The highest BCUT2D eigenvalue weighted by Gasteiger charge is 2.20. The summed E-state index contributed by atoms with van der Waals surface area (Å²) in [7, 11) is 1.72. The Labute approximate surface area is 177 Å². The highest BCUT2D eigenvalue weighted by molar-refractivity contribution is 5.91. The second-order valence-corrected chi connectivity index (χ2v) is 7.48. The number of hydrogen-bond acceptors (Lipinski definition) is 3. The predicted molar refractivity (Wildman–Crippen MR) is 117 cm³/mol. The van der Waals surface area contributed by atoms with E-state index in [9.17, 15) is 18.8 Å². The minimum Gasteiger partial charge on any atom is -0.342 e. The van der Waals surface area contributed by atoms with Gasteiger partial charge in [-0.3, -0.25) is 14.2 Å². The molecule has 0 aliphatic heterocycles. The van der Waals surface area contributed by atoms with Gasteiger partial charge in [-0.1, -0.05) is 12.1 Å². The zero-order valence-electron chi connectivity index (χ0n) is 17.3. The Balaban J connectivity index is 1.87. The molecule has 8 heteroatoms. The minimum atomic E-state index is -0.672. The lowest BCUT2D eigenvalue weighted by Crippen LogP contribution is -2.41. The van der Waals surface area contributed by atoms with E-state index in [4.69, 9.17) is 0 Å². The molecule has 4 aromatic rings. The summed E-state index contributed by atoms with van der Waals surface area (Å²) in [6.45, 7) is 3.44. The largest absolute Gasteiger partial charge is 0.342 e. The number of benzene rings is 2. The maximum absolute atomic E-state index is 13.4. The molecule has 7 nitrogen and oxygen atoms in total. The molecule has 0 fully saturated rings. The maximum Gasteiger partial charge on any atom is 0.336 e. The van der Waals surface area contributed by atoms with Crippen molar-refractivity contribution in [1.82, 2.24) is 13.7 Å². The molecule has 31 heavy (non-hydrogen) atoms. The lowest BCUT2D eigenvalue weighted by molar-refractivity contribution is -0.116. The Morgan fingerprint density at radius 2 is 1.74 bits per heavy atom. The number of carbonyl (C=O) groups excluding carboxylic acids is 1. The van der Waals surface area contributed by atoms with Gasteiger partial charge in [-0.25, -0.2) is 13.8 Å². The van der Waals surface area contributed by atoms with Crippen LogP contribution in [0.1, 0.15) is 11.3 Å². The van der Waals surface area contributed by atoms with Crippen LogP contribution in [-0.2, 0) is 18.4 Å². The summed E-state index contributed by atoms with van der Waals surface area (Å²) in [6.07, 6.45) is 0. The summed E-state index contributed by atoms with van der Waals surface area (Å²) in [5, 5.41) is 2.78. The third kappa shape index (κ3) is 3.68. The van der Waals surface area contributed by atoms with E-state index < -0.39 is 23.0 Å². The Morgan fingerprint density at radius 3 is 2.42 bits per heavy atom. The quantitative estimate of drug-likeness (QED) is 0.552. The summed E-state index contributed by atoms with van der Waals surface area (Å²) in [5.74, 6) is -0.884. The third-order valence-corrected chi connectivity index (χ3v) is 5.26. The standard InChI is InChI=1S/C23H21FN4O3/c1-14-5-4-6-17(11-14)25-20(29)13-27-19-12-15(2)26(3)21(19)22(30)28(23(27)31)18-9-7-16(24)8-10-18/h4-12H,13H2,1-3H3,(H,25,29). The van der Waals surface area contributed by atoms with Gasteiger partial charge in [-0.15, -0.1) is 0 Å². The van der Waals surface area contributed by atoms with Gasteiger partial charge in [0.1, 0.15) is 17.9 Å². The van der Waals surface area contributed by atoms with Crippen molar-refractivity contribution in [3.63, 3.8) is 0 Å². The molecule has 0 unspecified atom stereocenters. The van der Waals surface area contributed by atoms with Crippen molar-refractivity contribution in [1.29, 1.82) is 0 Å². The highest BCUT2D eigenvalue weighted by Crippen LogP contribution is 2.16. The average Bonchev–Trinajstić information content (AvgIpc) is 3.01. The molecular weight excluding hydrogens is 399 g/mol. The number of amides is 1. The number of aryl methyl sites for hydroxylation is 3. The van der Waals surface area contributed by atoms with Gasteiger partial charge >= 0.3 is 5.69 Å². The molecule has 158 valence electrons. The van der Waals surface area contributed by atoms with Crippen LogP contribution in [0.5, 0.6) is 0 Å². The van der Waals surface area contributed by atoms with E-state index >= 15 is 0 Å². The van der Waals surface area contributed by atoms with Gasteiger partial charge in [0.25, 0.3) is 5.56 Å². The number of rotatable bonds is 4. The lowest BCUT2D eigenvalue weighted by Gasteiger charge is -2.13. The van der Waals surface area contributed by atoms with E-state index in [2.05, 4.69) is 5.32 Å². The predicted octanol–water partition coefficient (Wildman–Crippen LogP) is 2.89. The summed E-state index contributed by atoms with van der Waals surface area (Å²) in [4.78, 5) is 39.2. The lowest BCUT2D eigenvalue weighted by atomic mass is 10.2. The van der Waals surface area contributed by atoms with Crippen molar-refractivity contribution in [2.24, 2.45) is 7.05 Å². The Kier molecular flexibility index (Phi) is 5.06. The smallest absolute Gasteiger partial charge is 0.336 e. The van der Waals surface area contributed by atoms with Gasteiger partial charge in [-0.05, 0) is 61.9 Å². The van der Waals surface area contributed by atoms with Crippen LogP contribution in [0.25, 0.3) is 16.7 Å². The number of fused-ring (bicyclic) bond motifs is 1. The van der Waals surface area contributed by atoms with Gasteiger partial charge in [0, 0.05) is 18.4 Å². The van der Waals surface area contributed by atoms with Crippen molar-refractivity contribution in [2.45, 2.75) is 20.4 Å². The molecule has 1 N–H and O–H groups in total. The first kappa shape index (κ1) is 20.3. The highest BCUT2D eigenvalue weighted by atomic mass is 19.1. The first-order valence-electron chi connectivity index (χ1n) is 9.70. The first-order chi connectivity index (χ1) is 14.8. The van der Waals surface area contributed by atoms with Crippen LogP contribution in [0.15, 0.2) is 64.2 Å². The fraction of sp³-hybridized carbons (Fsp3) is 0.174. The molecule has 2 aromatic heterocycles. The number of nitrogens with one attached hydrogen (secondary N) is 1. The number of nitrogens with zero attached hydrogens (tertiary/aromatic N) is 3. The van der Waals surface area contributed by atoms with Crippen LogP contribution in [0.3, 0.4) is 0 Å². The van der Waals surface area contributed by atoms with E-state index in [1.807, 2.05) is 32.0 Å². The van der Waals surface area contributed by atoms with Crippen LogP contribution < -0.4 is 16.6 Å². The molecular formula is C23H21FN4O3. The number of aromatic nitrogens is 3. The number of carbonyl (C=O) groups is 1. The molecule has 0 spiro atoms. The van der Waals surface area contributed by atoms with Gasteiger partial charge < -0.3 is 9.88 Å². The van der Waals surface area contributed by atoms with Gasteiger partial charge in [-0.2, -0.15) is 0 Å². The molecule has 0 atom stereocenters. The molecule has 1 amide bonds. The van der Waals surface area contributed by atoms with Crippen molar-refractivity contribution < 1.29 is 9.18 Å². The summed E-state index contributed by atoms with van der Waals surface area (Å²) >= 11 is 0. The fourth-order valence-electron chi connectivity index (χ4n) is 3.62. The molecule has 0 radical (unpaired) electrons. The van der Waals surface area contributed by atoms with Crippen molar-refractivity contribution in [3.05, 3.63) is 92.5 Å². The third-order valence-electron chi connectivity index (χ3n) is 5.26. The van der Waals surface area contributed by atoms with Gasteiger partial charge in [0.15, 0.2) is 0 Å². The second kappa shape index (κ2) is 7.71. The Hall–Kier alpha value is -3.94. The molecule has 0 aliphatic carbocycles. The van der Waals surface area contributed by atoms with E-state index in [-0.39, 0.29) is 17.7 Å². The van der Waals surface area contributed by atoms with Crippen molar-refractivity contribution >= 4 is 22.6 Å². The molecule has 0 saturated heterocycles. The van der Waals surface area contributed by atoms with Crippen LogP contribution in [0.2, 0.25) is 0 Å². The van der Waals surface area contributed by atoms with E-state index in [1.54, 1.807) is 23.7 Å². The molecule has 4 rings (SSSR count). The molecule has 0 bridgehead atoms.